The van der Waals surface area contributed by atoms with Gasteiger partial charge in [-0.2, -0.15) is 0 Å². The van der Waals surface area contributed by atoms with Crippen molar-refractivity contribution in [3.05, 3.63) is 66.0 Å². The van der Waals surface area contributed by atoms with E-state index in [1.165, 1.54) is 0 Å². The molecule has 1 aromatic carbocycles. The lowest BCUT2D eigenvalue weighted by molar-refractivity contribution is 0.879. The Labute approximate surface area is 105 Å². The molecule has 1 aromatic heterocycles. The SMILES string of the molecule is ClC(c1ccccc1)C(Cl)c1ccncc1. The minimum atomic E-state index is -0.243. The molecule has 2 atom stereocenters. The van der Waals surface area contributed by atoms with Crippen LogP contribution in [0.15, 0.2) is 54.9 Å². The molecule has 16 heavy (non-hydrogen) atoms. The van der Waals surface area contributed by atoms with Crippen molar-refractivity contribution in [1.82, 2.24) is 4.98 Å². The first kappa shape index (κ1) is 11.4. The molecule has 0 amide bonds. The molecule has 0 bridgehead atoms. The van der Waals surface area contributed by atoms with Gasteiger partial charge in [0.1, 0.15) is 0 Å². The van der Waals surface area contributed by atoms with Crippen LogP contribution in [-0.4, -0.2) is 4.98 Å². The largest absolute Gasteiger partial charge is 0.265 e. The van der Waals surface area contributed by atoms with Gasteiger partial charge in [0.15, 0.2) is 0 Å². The fourth-order valence-electron chi connectivity index (χ4n) is 1.52. The average molecular weight is 252 g/mol. The van der Waals surface area contributed by atoms with Crippen LogP contribution < -0.4 is 0 Å². The number of benzene rings is 1. The van der Waals surface area contributed by atoms with Gasteiger partial charge in [-0.25, -0.2) is 0 Å². The Bertz CT molecular complexity index is 387. The lowest BCUT2D eigenvalue weighted by Crippen LogP contribution is -2.00. The van der Waals surface area contributed by atoms with Gasteiger partial charge in [-0.1, -0.05) is 30.3 Å². The van der Waals surface area contributed by atoms with Crippen LogP contribution in [0.1, 0.15) is 21.9 Å². The summed E-state index contributed by atoms with van der Waals surface area (Å²) in [7, 11) is 0. The van der Waals surface area contributed by atoms with Crippen LogP contribution in [-0.2, 0) is 0 Å². The molecule has 0 saturated heterocycles. The summed E-state index contributed by atoms with van der Waals surface area (Å²) < 4.78 is 0. The summed E-state index contributed by atoms with van der Waals surface area (Å²) in [6, 6.07) is 13.6. The van der Waals surface area contributed by atoms with Crippen LogP contribution in [0.5, 0.6) is 0 Å². The number of alkyl halides is 2. The average Bonchev–Trinajstić information content (AvgIpc) is 2.39. The summed E-state index contributed by atoms with van der Waals surface area (Å²) in [6.07, 6.45) is 3.44. The molecule has 0 saturated carbocycles. The highest BCUT2D eigenvalue weighted by atomic mass is 35.5. The van der Waals surface area contributed by atoms with Crippen molar-refractivity contribution in [2.24, 2.45) is 0 Å². The highest BCUT2D eigenvalue weighted by Gasteiger charge is 2.19. The molecule has 0 spiro atoms. The van der Waals surface area contributed by atoms with Crippen molar-refractivity contribution < 1.29 is 0 Å². The van der Waals surface area contributed by atoms with E-state index in [0.29, 0.717) is 0 Å². The molecule has 1 nitrogen and oxygen atoms in total. The normalized spacial score (nSPS) is 14.4. The van der Waals surface area contributed by atoms with Gasteiger partial charge in [-0.15, -0.1) is 23.2 Å². The van der Waals surface area contributed by atoms with Crippen molar-refractivity contribution in [2.45, 2.75) is 10.8 Å². The number of aromatic nitrogens is 1. The van der Waals surface area contributed by atoms with E-state index < -0.39 is 0 Å². The predicted molar refractivity (Wildman–Crippen MR) is 67.9 cm³/mol. The molecule has 1 heterocycles. The maximum Gasteiger partial charge on any atom is 0.0791 e. The van der Waals surface area contributed by atoms with Gasteiger partial charge in [0.05, 0.1) is 10.8 Å². The minimum absolute atomic E-state index is 0.231. The molecule has 82 valence electrons. The van der Waals surface area contributed by atoms with Gasteiger partial charge < -0.3 is 0 Å². The van der Waals surface area contributed by atoms with Crippen molar-refractivity contribution in [1.29, 1.82) is 0 Å². The standard InChI is InChI=1S/C13H11Cl2N/c14-12(10-4-2-1-3-5-10)13(15)11-6-8-16-9-7-11/h1-9,12-13H. The lowest BCUT2D eigenvalue weighted by Gasteiger charge is -2.16. The Morgan fingerprint density at radius 3 is 1.81 bits per heavy atom. The monoisotopic (exact) mass is 251 g/mol. The number of hydrogen-bond donors (Lipinski definition) is 0. The fourth-order valence-corrected chi connectivity index (χ4v) is 2.10. The first-order valence-corrected chi connectivity index (χ1v) is 5.89. The Morgan fingerprint density at radius 2 is 1.25 bits per heavy atom. The Hall–Kier alpha value is -1.05. The predicted octanol–water partition coefficient (Wildman–Crippen LogP) is 4.34. The van der Waals surface area contributed by atoms with Crippen LogP contribution in [0.2, 0.25) is 0 Å². The number of pyridine rings is 1. The molecule has 2 unspecified atom stereocenters. The maximum absolute atomic E-state index is 6.34. The highest BCUT2D eigenvalue weighted by Crippen LogP contribution is 2.38. The second kappa shape index (κ2) is 5.33. The van der Waals surface area contributed by atoms with Gasteiger partial charge in [0.2, 0.25) is 0 Å². The summed E-state index contributed by atoms with van der Waals surface area (Å²) in [4.78, 5) is 3.96. The third kappa shape index (κ3) is 2.55. The van der Waals surface area contributed by atoms with Crippen LogP contribution in [0.25, 0.3) is 0 Å². The van der Waals surface area contributed by atoms with Gasteiger partial charge in [0, 0.05) is 12.4 Å². The first-order valence-electron chi connectivity index (χ1n) is 5.02. The highest BCUT2D eigenvalue weighted by molar-refractivity contribution is 6.30. The molecule has 0 aliphatic carbocycles. The van der Waals surface area contributed by atoms with E-state index in [1.807, 2.05) is 42.5 Å². The number of hydrogen-bond acceptors (Lipinski definition) is 1. The van der Waals surface area contributed by atoms with Crippen molar-refractivity contribution in [3.8, 4) is 0 Å². The second-order valence-electron chi connectivity index (χ2n) is 3.49. The van der Waals surface area contributed by atoms with Gasteiger partial charge in [0.25, 0.3) is 0 Å². The zero-order chi connectivity index (χ0) is 11.4. The molecule has 0 aliphatic rings. The van der Waals surface area contributed by atoms with E-state index in [1.54, 1.807) is 12.4 Å². The lowest BCUT2D eigenvalue weighted by atomic mass is 10.0. The Balaban J connectivity index is 2.20. The fraction of sp³-hybridized carbons (Fsp3) is 0.154. The van der Waals surface area contributed by atoms with Crippen LogP contribution in [0.4, 0.5) is 0 Å². The number of halogens is 2. The molecule has 0 fully saturated rings. The van der Waals surface area contributed by atoms with Gasteiger partial charge in [-0.3, -0.25) is 4.98 Å². The molecule has 3 heteroatoms. The third-order valence-corrected chi connectivity index (χ3v) is 3.54. The van der Waals surface area contributed by atoms with E-state index in [0.717, 1.165) is 11.1 Å². The van der Waals surface area contributed by atoms with E-state index in [9.17, 15) is 0 Å². The summed E-state index contributed by atoms with van der Waals surface area (Å²) in [5.41, 5.74) is 2.02. The Morgan fingerprint density at radius 1 is 0.750 bits per heavy atom. The van der Waals surface area contributed by atoms with Crippen LogP contribution >= 0.6 is 23.2 Å². The summed E-state index contributed by atoms with van der Waals surface area (Å²) in [5.74, 6) is 0. The van der Waals surface area contributed by atoms with E-state index in [2.05, 4.69) is 4.98 Å². The molecular formula is C13H11Cl2N. The third-order valence-electron chi connectivity index (χ3n) is 2.40. The Kier molecular flexibility index (Phi) is 3.81. The second-order valence-corrected chi connectivity index (χ2v) is 4.44. The van der Waals surface area contributed by atoms with E-state index >= 15 is 0 Å². The van der Waals surface area contributed by atoms with Crippen LogP contribution in [0, 0.1) is 0 Å². The first-order chi connectivity index (χ1) is 7.79. The summed E-state index contributed by atoms with van der Waals surface area (Å²) in [5, 5.41) is -0.475. The summed E-state index contributed by atoms with van der Waals surface area (Å²) >= 11 is 12.7. The smallest absolute Gasteiger partial charge is 0.0791 e. The van der Waals surface area contributed by atoms with E-state index in [4.69, 9.17) is 23.2 Å². The molecule has 0 aliphatic heterocycles. The molecule has 2 rings (SSSR count). The van der Waals surface area contributed by atoms with E-state index in [-0.39, 0.29) is 10.8 Å². The van der Waals surface area contributed by atoms with Gasteiger partial charge in [-0.05, 0) is 23.3 Å². The summed E-state index contributed by atoms with van der Waals surface area (Å²) in [6.45, 7) is 0. The molecule has 0 N–H and O–H groups in total. The van der Waals surface area contributed by atoms with Gasteiger partial charge >= 0.3 is 0 Å². The number of nitrogens with zero attached hydrogens (tertiary/aromatic N) is 1. The zero-order valence-electron chi connectivity index (χ0n) is 8.55. The van der Waals surface area contributed by atoms with Crippen molar-refractivity contribution in [2.75, 3.05) is 0 Å². The zero-order valence-corrected chi connectivity index (χ0v) is 10.1. The topological polar surface area (TPSA) is 12.9 Å². The van der Waals surface area contributed by atoms with Crippen molar-refractivity contribution >= 4 is 23.2 Å². The molecular weight excluding hydrogens is 241 g/mol. The quantitative estimate of drug-likeness (QED) is 0.740. The van der Waals surface area contributed by atoms with Crippen LogP contribution in [0.3, 0.4) is 0 Å². The van der Waals surface area contributed by atoms with Crippen molar-refractivity contribution in [3.63, 3.8) is 0 Å². The maximum atomic E-state index is 6.34. The number of rotatable bonds is 3. The molecule has 2 aromatic rings. The molecule has 0 radical (unpaired) electrons. The minimum Gasteiger partial charge on any atom is -0.265 e.